The molecule has 0 atom stereocenters. The summed E-state index contributed by atoms with van der Waals surface area (Å²) in [7, 11) is 0. The monoisotopic (exact) mass is 423 g/mol. The van der Waals surface area contributed by atoms with Crippen LogP contribution in [0.25, 0.3) is 16.3 Å². The minimum absolute atomic E-state index is 0.0676. The molecule has 0 aliphatic heterocycles. The first-order chi connectivity index (χ1) is 14.5. The number of nitrogens with zero attached hydrogens (tertiary/aromatic N) is 2. The van der Waals surface area contributed by atoms with Gasteiger partial charge in [0.05, 0.1) is 16.8 Å². The molecule has 0 saturated heterocycles. The normalized spacial score (nSPS) is 11.7. The molecule has 0 bridgehead atoms. The smallest absolute Gasteiger partial charge is 0.326 e. The molecule has 154 valence electrons. The molecule has 0 unspecified atom stereocenters. The van der Waals surface area contributed by atoms with Gasteiger partial charge in [-0.2, -0.15) is 4.99 Å². The van der Waals surface area contributed by atoms with Gasteiger partial charge in [-0.15, -0.1) is 0 Å². The van der Waals surface area contributed by atoms with Crippen molar-refractivity contribution in [3.8, 4) is 0 Å². The molecule has 3 aromatic rings. The third kappa shape index (κ3) is 5.51. The van der Waals surface area contributed by atoms with Crippen molar-refractivity contribution >= 4 is 51.1 Å². The van der Waals surface area contributed by atoms with Crippen LogP contribution in [0.5, 0.6) is 0 Å². The lowest BCUT2D eigenvalue weighted by molar-refractivity contribution is -0.143. The van der Waals surface area contributed by atoms with Gasteiger partial charge in [-0.05, 0) is 36.8 Å². The van der Waals surface area contributed by atoms with Gasteiger partial charge >= 0.3 is 5.97 Å². The number of amides is 2. The van der Waals surface area contributed by atoms with Crippen LogP contribution in [0.1, 0.15) is 19.4 Å². The van der Waals surface area contributed by atoms with Crippen LogP contribution in [0.4, 0.5) is 5.69 Å². The van der Waals surface area contributed by atoms with Crippen LogP contribution in [0.3, 0.4) is 0 Å². The zero-order valence-electron chi connectivity index (χ0n) is 16.6. The second kappa shape index (κ2) is 9.80. The quantitative estimate of drug-likeness (QED) is 0.486. The fourth-order valence-corrected chi connectivity index (χ4v) is 3.87. The van der Waals surface area contributed by atoms with Crippen molar-refractivity contribution in [3.63, 3.8) is 0 Å². The maximum atomic E-state index is 12.4. The van der Waals surface area contributed by atoms with E-state index in [-0.39, 0.29) is 19.1 Å². The predicted molar refractivity (Wildman–Crippen MR) is 117 cm³/mol. The minimum Gasteiger partial charge on any atom is -0.465 e. The van der Waals surface area contributed by atoms with Gasteiger partial charge in [0.2, 0.25) is 5.91 Å². The average molecular weight is 423 g/mol. The molecule has 30 heavy (non-hydrogen) atoms. The van der Waals surface area contributed by atoms with Crippen molar-refractivity contribution in [2.24, 2.45) is 4.99 Å². The van der Waals surface area contributed by atoms with Crippen molar-refractivity contribution in [3.05, 3.63) is 65.0 Å². The van der Waals surface area contributed by atoms with Crippen LogP contribution in [0.2, 0.25) is 0 Å². The zero-order valence-corrected chi connectivity index (χ0v) is 17.4. The first-order valence-electron chi connectivity index (χ1n) is 9.34. The maximum absolute atomic E-state index is 12.4. The minimum atomic E-state index is -0.440. The van der Waals surface area contributed by atoms with E-state index in [1.54, 1.807) is 35.8 Å². The summed E-state index contributed by atoms with van der Waals surface area (Å²) in [5, 5.41) is 2.72. The second-order valence-corrected chi connectivity index (χ2v) is 7.34. The molecular formula is C22H21N3O4S. The fourth-order valence-electron chi connectivity index (χ4n) is 2.79. The molecule has 0 aliphatic carbocycles. The van der Waals surface area contributed by atoms with Crippen LogP contribution in [-0.4, -0.2) is 29.0 Å². The Morgan fingerprint density at radius 3 is 2.63 bits per heavy atom. The van der Waals surface area contributed by atoms with E-state index >= 15 is 0 Å². The van der Waals surface area contributed by atoms with Crippen LogP contribution < -0.4 is 10.1 Å². The van der Waals surface area contributed by atoms with E-state index in [9.17, 15) is 14.4 Å². The van der Waals surface area contributed by atoms with Gasteiger partial charge in [0, 0.05) is 18.7 Å². The summed E-state index contributed by atoms with van der Waals surface area (Å²) < 4.78 is 7.48. The van der Waals surface area contributed by atoms with Crippen LogP contribution in [0, 0.1) is 0 Å². The van der Waals surface area contributed by atoms with Crippen molar-refractivity contribution in [1.29, 1.82) is 0 Å². The molecule has 1 heterocycles. The van der Waals surface area contributed by atoms with Gasteiger partial charge in [0.15, 0.2) is 4.80 Å². The van der Waals surface area contributed by atoms with Gasteiger partial charge in [-0.25, -0.2) is 0 Å². The molecular weight excluding hydrogens is 402 g/mol. The Balaban J connectivity index is 2.00. The van der Waals surface area contributed by atoms with Crippen LogP contribution in [0.15, 0.2) is 59.6 Å². The van der Waals surface area contributed by atoms with Crippen molar-refractivity contribution < 1.29 is 19.1 Å². The van der Waals surface area contributed by atoms with E-state index in [1.165, 1.54) is 24.3 Å². The number of fused-ring (bicyclic) bond motifs is 1. The molecule has 8 heteroatoms. The number of anilines is 1. The fraction of sp³-hybridized carbons (Fsp3) is 0.182. The molecule has 2 aromatic carbocycles. The molecule has 0 spiro atoms. The number of esters is 1. The summed E-state index contributed by atoms with van der Waals surface area (Å²) in [6.07, 6.45) is 3.07. The Morgan fingerprint density at radius 2 is 1.93 bits per heavy atom. The summed E-state index contributed by atoms with van der Waals surface area (Å²) in [4.78, 5) is 40.4. The Kier molecular flexibility index (Phi) is 6.92. The van der Waals surface area contributed by atoms with E-state index in [0.717, 1.165) is 15.8 Å². The average Bonchev–Trinajstić information content (AvgIpc) is 3.03. The van der Waals surface area contributed by atoms with Crippen LogP contribution in [-0.2, 0) is 25.7 Å². The molecule has 1 aromatic heterocycles. The Labute approximate surface area is 177 Å². The van der Waals surface area contributed by atoms with Crippen molar-refractivity contribution in [2.45, 2.75) is 20.4 Å². The number of hydrogen-bond donors (Lipinski definition) is 1. The molecule has 2 amide bonds. The highest BCUT2D eigenvalue weighted by molar-refractivity contribution is 7.16. The summed E-state index contributed by atoms with van der Waals surface area (Å²) >= 11 is 1.26. The zero-order chi connectivity index (χ0) is 21.5. The number of carbonyl (C=O) groups excluding carboxylic acids is 3. The summed E-state index contributed by atoms with van der Waals surface area (Å²) in [5.41, 5.74) is 2.24. The van der Waals surface area contributed by atoms with Crippen molar-refractivity contribution in [2.75, 3.05) is 11.9 Å². The number of carbonyl (C=O) groups is 3. The summed E-state index contributed by atoms with van der Waals surface area (Å²) in [6.45, 7) is 3.36. The summed E-state index contributed by atoms with van der Waals surface area (Å²) in [6, 6.07) is 14.7. The number of aromatic nitrogens is 1. The number of benzene rings is 2. The Bertz CT molecular complexity index is 1180. The number of thiazole rings is 1. The van der Waals surface area contributed by atoms with E-state index < -0.39 is 11.9 Å². The van der Waals surface area contributed by atoms with E-state index in [4.69, 9.17) is 4.74 Å². The molecule has 0 saturated carbocycles. The lowest BCUT2D eigenvalue weighted by Crippen LogP contribution is -2.22. The number of rotatable bonds is 6. The van der Waals surface area contributed by atoms with Gasteiger partial charge < -0.3 is 14.6 Å². The summed E-state index contributed by atoms with van der Waals surface area (Å²) in [5.74, 6) is -1.04. The first kappa shape index (κ1) is 21.2. The molecule has 1 N–H and O–H groups in total. The van der Waals surface area contributed by atoms with E-state index in [1.807, 2.05) is 30.3 Å². The van der Waals surface area contributed by atoms with E-state index in [2.05, 4.69) is 10.3 Å². The maximum Gasteiger partial charge on any atom is 0.326 e. The molecule has 3 rings (SSSR count). The van der Waals surface area contributed by atoms with Crippen molar-refractivity contribution in [1.82, 2.24) is 4.57 Å². The van der Waals surface area contributed by atoms with Gasteiger partial charge in [-0.3, -0.25) is 14.4 Å². The highest BCUT2D eigenvalue weighted by Crippen LogP contribution is 2.22. The standard InChI is InChI=1S/C22H21N3O4S/c1-3-29-21(28)14-25-18-11-10-17(23-15(2)26)13-19(18)30-22(25)24-20(27)12-9-16-7-5-4-6-8-16/h4-13H,3,14H2,1-2H3,(H,23,26)/b12-9+,24-22?. The highest BCUT2D eigenvalue weighted by Gasteiger charge is 2.12. The number of hydrogen-bond acceptors (Lipinski definition) is 5. The number of nitrogens with one attached hydrogen (secondary N) is 1. The topological polar surface area (TPSA) is 89.8 Å². The lowest BCUT2D eigenvalue weighted by Gasteiger charge is -2.06. The molecule has 0 aliphatic rings. The lowest BCUT2D eigenvalue weighted by atomic mass is 10.2. The molecule has 0 radical (unpaired) electrons. The third-order valence-corrected chi connectivity index (χ3v) is 5.06. The Morgan fingerprint density at radius 1 is 1.17 bits per heavy atom. The van der Waals surface area contributed by atoms with Gasteiger partial charge in [0.25, 0.3) is 5.91 Å². The Hall–Kier alpha value is -3.52. The van der Waals surface area contributed by atoms with Gasteiger partial charge in [-0.1, -0.05) is 41.7 Å². The van der Waals surface area contributed by atoms with Gasteiger partial charge in [0.1, 0.15) is 6.54 Å². The SMILES string of the molecule is CCOC(=O)Cn1c(=NC(=O)/C=C/c2ccccc2)sc2cc(NC(C)=O)ccc21. The van der Waals surface area contributed by atoms with Crippen LogP contribution >= 0.6 is 11.3 Å². The van der Waals surface area contributed by atoms with E-state index in [0.29, 0.717) is 10.5 Å². The number of ether oxygens (including phenoxy) is 1. The largest absolute Gasteiger partial charge is 0.465 e. The predicted octanol–water partition coefficient (Wildman–Crippen LogP) is 3.37. The second-order valence-electron chi connectivity index (χ2n) is 6.33. The third-order valence-electron chi connectivity index (χ3n) is 4.02. The molecule has 0 fully saturated rings. The molecule has 7 nitrogen and oxygen atoms in total. The first-order valence-corrected chi connectivity index (χ1v) is 10.2. The highest BCUT2D eigenvalue weighted by atomic mass is 32.1.